The highest BCUT2D eigenvalue weighted by Crippen LogP contribution is 2.28. The second kappa shape index (κ2) is 6.54. The Kier molecular flexibility index (Phi) is 4.76. The van der Waals surface area contributed by atoms with E-state index in [0.717, 1.165) is 19.3 Å². The molecule has 0 unspecified atom stereocenters. The first-order chi connectivity index (χ1) is 9.61. The molecular weight excluding hydrogens is 258 g/mol. The molecule has 0 saturated heterocycles. The summed E-state index contributed by atoms with van der Waals surface area (Å²) >= 11 is 0. The lowest BCUT2D eigenvalue weighted by molar-refractivity contribution is -0.137. The van der Waals surface area contributed by atoms with Gasteiger partial charge in [-0.15, -0.1) is 0 Å². The van der Waals surface area contributed by atoms with Crippen LogP contribution in [0.1, 0.15) is 55.6 Å². The normalized spacial score (nSPS) is 15.4. The number of carboxylic acid groups (broad SMARTS) is 1. The van der Waals surface area contributed by atoms with Crippen molar-refractivity contribution >= 4 is 11.9 Å². The molecular formula is C14H21N3O3. The van der Waals surface area contributed by atoms with Gasteiger partial charge in [0.15, 0.2) is 0 Å². The molecule has 0 aliphatic heterocycles. The zero-order valence-electron chi connectivity index (χ0n) is 11.8. The number of carbonyl (C=O) groups is 2. The zero-order valence-corrected chi connectivity index (χ0v) is 11.8. The molecule has 1 amide bonds. The average Bonchev–Trinajstić information content (AvgIpc) is 3.07. The standard InChI is InChI=1S/C14H21N3O3/c1-2-8-16(10-13(18)19)14(20)12-7-9-17(15-12)11-5-3-4-6-11/h7,9,11H,2-6,8,10H2,1H3,(H,18,19). The third-order valence-corrected chi connectivity index (χ3v) is 3.63. The van der Waals surface area contributed by atoms with Crippen LogP contribution in [0.25, 0.3) is 0 Å². The van der Waals surface area contributed by atoms with Crippen molar-refractivity contribution in [1.82, 2.24) is 14.7 Å². The Hall–Kier alpha value is -1.85. The summed E-state index contributed by atoms with van der Waals surface area (Å²) in [7, 11) is 0. The van der Waals surface area contributed by atoms with Gasteiger partial charge >= 0.3 is 5.97 Å². The molecule has 1 aliphatic rings. The predicted octanol–water partition coefficient (Wildman–Crippen LogP) is 1.93. The number of aromatic nitrogens is 2. The van der Waals surface area contributed by atoms with E-state index in [1.165, 1.54) is 17.7 Å². The Morgan fingerprint density at radius 2 is 2.15 bits per heavy atom. The number of hydrogen-bond acceptors (Lipinski definition) is 3. The van der Waals surface area contributed by atoms with Gasteiger partial charge in [0.1, 0.15) is 12.2 Å². The quantitative estimate of drug-likeness (QED) is 0.863. The number of hydrogen-bond donors (Lipinski definition) is 1. The summed E-state index contributed by atoms with van der Waals surface area (Å²) < 4.78 is 1.85. The largest absolute Gasteiger partial charge is 0.480 e. The van der Waals surface area contributed by atoms with E-state index in [4.69, 9.17) is 5.11 Å². The molecule has 0 spiro atoms. The van der Waals surface area contributed by atoms with Crippen molar-refractivity contribution < 1.29 is 14.7 Å². The Bertz CT molecular complexity index is 478. The molecule has 0 atom stereocenters. The van der Waals surface area contributed by atoms with Gasteiger partial charge in [-0.25, -0.2) is 0 Å². The molecule has 0 radical (unpaired) electrons. The van der Waals surface area contributed by atoms with E-state index in [1.807, 2.05) is 17.8 Å². The van der Waals surface area contributed by atoms with Crippen LogP contribution in [0.2, 0.25) is 0 Å². The van der Waals surface area contributed by atoms with E-state index in [-0.39, 0.29) is 12.5 Å². The Morgan fingerprint density at radius 3 is 2.75 bits per heavy atom. The number of aliphatic carboxylic acids is 1. The highest BCUT2D eigenvalue weighted by Gasteiger charge is 2.22. The van der Waals surface area contributed by atoms with Crippen molar-refractivity contribution in [2.75, 3.05) is 13.1 Å². The van der Waals surface area contributed by atoms with Crippen LogP contribution in [0.3, 0.4) is 0 Å². The van der Waals surface area contributed by atoms with Crippen LogP contribution in [-0.4, -0.2) is 44.8 Å². The average molecular weight is 279 g/mol. The molecule has 1 fully saturated rings. The fourth-order valence-corrected chi connectivity index (χ4v) is 2.67. The number of nitrogens with zero attached hydrogens (tertiary/aromatic N) is 3. The number of carboxylic acids is 1. The van der Waals surface area contributed by atoms with Gasteiger partial charge in [0.25, 0.3) is 5.91 Å². The first-order valence-corrected chi connectivity index (χ1v) is 7.18. The lowest BCUT2D eigenvalue weighted by Crippen LogP contribution is -2.36. The number of rotatable bonds is 6. The van der Waals surface area contributed by atoms with Crippen molar-refractivity contribution in [3.63, 3.8) is 0 Å². The Labute approximate surface area is 118 Å². The summed E-state index contributed by atoms with van der Waals surface area (Å²) in [6.07, 6.45) is 7.16. The maximum Gasteiger partial charge on any atom is 0.323 e. The summed E-state index contributed by atoms with van der Waals surface area (Å²) in [4.78, 5) is 24.4. The van der Waals surface area contributed by atoms with E-state index >= 15 is 0 Å². The van der Waals surface area contributed by atoms with Crippen LogP contribution in [0.4, 0.5) is 0 Å². The van der Waals surface area contributed by atoms with Gasteiger partial charge in [0, 0.05) is 12.7 Å². The van der Waals surface area contributed by atoms with Crippen LogP contribution >= 0.6 is 0 Å². The van der Waals surface area contributed by atoms with Crippen LogP contribution in [0, 0.1) is 0 Å². The third kappa shape index (κ3) is 3.37. The van der Waals surface area contributed by atoms with E-state index < -0.39 is 5.97 Å². The summed E-state index contributed by atoms with van der Waals surface area (Å²) in [6, 6.07) is 2.07. The van der Waals surface area contributed by atoms with Crippen molar-refractivity contribution in [2.45, 2.75) is 45.1 Å². The van der Waals surface area contributed by atoms with Crippen LogP contribution in [0.5, 0.6) is 0 Å². The van der Waals surface area contributed by atoms with E-state index in [1.54, 1.807) is 6.07 Å². The minimum Gasteiger partial charge on any atom is -0.480 e. The van der Waals surface area contributed by atoms with E-state index in [0.29, 0.717) is 18.3 Å². The lowest BCUT2D eigenvalue weighted by Gasteiger charge is -2.18. The molecule has 2 rings (SSSR count). The molecule has 1 heterocycles. The molecule has 1 aliphatic carbocycles. The molecule has 1 aromatic rings. The molecule has 6 heteroatoms. The monoisotopic (exact) mass is 279 g/mol. The molecule has 110 valence electrons. The van der Waals surface area contributed by atoms with Gasteiger partial charge in [0.2, 0.25) is 0 Å². The van der Waals surface area contributed by atoms with Crippen molar-refractivity contribution in [3.8, 4) is 0 Å². The Morgan fingerprint density at radius 1 is 1.45 bits per heavy atom. The summed E-state index contributed by atoms with van der Waals surface area (Å²) in [5, 5.41) is 13.2. The summed E-state index contributed by atoms with van der Waals surface area (Å²) in [5.41, 5.74) is 0.339. The highest BCUT2D eigenvalue weighted by molar-refractivity contribution is 5.94. The van der Waals surface area contributed by atoms with Crippen LogP contribution < -0.4 is 0 Å². The summed E-state index contributed by atoms with van der Waals surface area (Å²) in [5.74, 6) is -1.30. The van der Waals surface area contributed by atoms with Gasteiger partial charge in [-0.2, -0.15) is 5.10 Å². The minimum atomic E-state index is -0.998. The first kappa shape index (κ1) is 14.6. The maximum atomic E-state index is 12.3. The maximum absolute atomic E-state index is 12.3. The van der Waals surface area contributed by atoms with Crippen molar-refractivity contribution in [3.05, 3.63) is 18.0 Å². The van der Waals surface area contributed by atoms with E-state index in [9.17, 15) is 9.59 Å². The molecule has 1 aromatic heterocycles. The molecule has 1 saturated carbocycles. The second-order valence-electron chi connectivity index (χ2n) is 5.24. The first-order valence-electron chi connectivity index (χ1n) is 7.18. The minimum absolute atomic E-state index is 0.275. The molecule has 20 heavy (non-hydrogen) atoms. The highest BCUT2D eigenvalue weighted by atomic mass is 16.4. The van der Waals surface area contributed by atoms with Crippen LogP contribution in [-0.2, 0) is 4.79 Å². The number of carbonyl (C=O) groups excluding carboxylic acids is 1. The van der Waals surface area contributed by atoms with Gasteiger partial charge in [-0.05, 0) is 25.3 Å². The smallest absolute Gasteiger partial charge is 0.323 e. The van der Waals surface area contributed by atoms with Gasteiger partial charge < -0.3 is 10.0 Å². The van der Waals surface area contributed by atoms with Crippen molar-refractivity contribution in [2.24, 2.45) is 0 Å². The van der Waals surface area contributed by atoms with E-state index in [2.05, 4.69) is 5.10 Å². The van der Waals surface area contributed by atoms with Gasteiger partial charge in [-0.3, -0.25) is 14.3 Å². The summed E-state index contributed by atoms with van der Waals surface area (Å²) in [6.45, 7) is 2.07. The SMILES string of the molecule is CCCN(CC(=O)O)C(=O)c1ccn(C2CCCC2)n1. The van der Waals surface area contributed by atoms with Gasteiger partial charge in [-0.1, -0.05) is 19.8 Å². The molecule has 0 aromatic carbocycles. The molecule has 0 bridgehead atoms. The fraction of sp³-hybridized carbons (Fsp3) is 0.643. The Balaban J connectivity index is 2.08. The topological polar surface area (TPSA) is 75.4 Å². The van der Waals surface area contributed by atoms with Crippen LogP contribution in [0.15, 0.2) is 12.3 Å². The van der Waals surface area contributed by atoms with Gasteiger partial charge in [0.05, 0.1) is 6.04 Å². The lowest BCUT2D eigenvalue weighted by atomic mass is 10.3. The zero-order chi connectivity index (χ0) is 14.5. The second-order valence-corrected chi connectivity index (χ2v) is 5.24. The fourth-order valence-electron chi connectivity index (χ4n) is 2.67. The van der Waals surface area contributed by atoms with Crippen molar-refractivity contribution in [1.29, 1.82) is 0 Å². The third-order valence-electron chi connectivity index (χ3n) is 3.63. The number of amides is 1. The molecule has 6 nitrogen and oxygen atoms in total. The molecule has 1 N–H and O–H groups in total. The predicted molar refractivity (Wildman–Crippen MR) is 73.6 cm³/mol.